The third kappa shape index (κ3) is 3.57. The Morgan fingerprint density at radius 3 is 2.58 bits per heavy atom. The summed E-state index contributed by atoms with van der Waals surface area (Å²) in [6.07, 6.45) is 2.39. The van der Waals surface area contributed by atoms with Crippen molar-refractivity contribution in [3.63, 3.8) is 0 Å². The van der Waals surface area contributed by atoms with E-state index in [0.717, 1.165) is 30.3 Å². The summed E-state index contributed by atoms with van der Waals surface area (Å²) in [6.45, 7) is 8.37. The fraction of sp³-hybridized carbons (Fsp3) is 0.562. The van der Waals surface area contributed by atoms with Gasteiger partial charge in [0.25, 0.3) is 0 Å². The number of amides is 1. The van der Waals surface area contributed by atoms with Gasteiger partial charge >= 0.3 is 0 Å². The topological polar surface area (TPSA) is 32.3 Å². The van der Waals surface area contributed by atoms with Gasteiger partial charge in [-0.05, 0) is 57.3 Å². The van der Waals surface area contributed by atoms with Crippen LogP contribution in [0.2, 0.25) is 0 Å². The summed E-state index contributed by atoms with van der Waals surface area (Å²) in [7, 11) is 0. The first-order valence-electron chi connectivity index (χ1n) is 7.18. The van der Waals surface area contributed by atoms with Gasteiger partial charge < -0.3 is 5.32 Å². The standard InChI is InChI=1S/C16H24N2O/c1-12-8-10-18(11-9-12)14(3)16(19)17-15-7-5-4-6-13(15)2/h4-7,12,14H,8-11H2,1-3H3,(H,17,19). The van der Waals surface area contributed by atoms with Gasteiger partial charge in [0.15, 0.2) is 0 Å². The number of para-hydroxylation sites is 1. The largest absolute Gasteiger partial charge is 0.324 e. The molecule has 1 aromatic rings. The fourth-order valence-electron chi connectivity index (χ4n) is 2.53. The van der Waals surface area contributed by atoms with Crippen LogP contribution in [0.1, 0.15) is 32.3 Å². The highest BCUT2D eigenvalue weighted by Crippen LogP contribution is 2.19. The summed E-state index contributed by atoms with van der Waals surface area (Å²) in [5.74, 6) is 0.895. The predicted molar refractivity (Wildman–Crippen MR) is 79.2 cm³/mol. The molecule has 2 rings (SSSR count). The Morgan fingerprint density at radius 1 is 1.32 bits per heavy atom. The zero-order valence-electron chi connectivity index (χ0n) is 12.1. The van der Waals surface area contributed by atoms with Gasteiger partial charge in [-0.3, -0.25) is 9.69 Å². The molecule has 1 heterocycles. The van der Waals surface area contributed by atoms with Crippen molar-refractivity contribution in [3.8, 4) is 0 Å². The molecule has 3 nitrogen and oxygen atoms in total. The number of carbonyl (C=O) groups is 1. The van der Waals surface area contributed by atoms with Gasteiger partial charge in [-0.2, -0.15) is 0 Å². The van der Waals surface area contributed by atoms with Crippen LogP contribution < -0.4 is 5.32 Å². The molecule has 1 aliphatic heterocycles. The van der Waals surface area contributed by atoms with E-state index < -0.39 is 0 Å². The van der Waals surface area contributed by atoms with Crippen molar-refractivity contribution < 1.29 is 4.79 Å². The molecule has 19 heavy (non-hydrogen) atoms. The molecular weight excluding hydrogens is 236 g/mol. The summed E-state index contributed by atoms with van der Waals surface area (Å²) in [5, 5.41) is 3.04. The molecule has 1 aliphatic rings. The number of nitrogens with zero attached hydrogens (tertiary/aromatic N) is 1. The molecule has 0 bridgehead atoms. The first-order chi connectivity index (χ1) is 9.08. The second-order valence-corrected chi connectivity index (χ2v) is 5.70. The molecule has 0 radical (unpaired) electrons. The minimum Gasteiger partial charge on any atom is -0.324 e. The van der Waals surface area contributed by atoms with Crippen LogP contribution in [0.4, 0.5) is 5.69 Å². The van der Waals surface area contributed by atoms with E-state index >= 15 is 0 Å². The number of rotatable bonds is 3. The minimum absolute atomic E-state index is 0.0490. The van der Waals surface area contributed by atoms with Gasteiger partial charge in [-0.1, -0.05) is 25.1 Å². The number of benzene rings is 1. The van der Waals surface area contributed by atoms with Gasteiger partial charge in [-0.15, -0.1) is 0 Å². The second kappa shape index (κ2) is 6.20. The van der Waals surface area contributed by atoms with Gasteiger partial charge in [0.1, 0.15) is 0 Å². The number of aryl methyl sites for hydroxylation is 1. The van der Waals surface area contributed by atoms with Crippen LogP contribution in [0, 0.1) is 12.8 Å². The fourth-order valence-corrected chi connectivity index (χ4v) is 2.53. The van der Waals surface area contributed by atoms with E-state index in [2.05, 4.69) is 17.1 Å². The lowest BCUT2D eigenvalue weighted by Crippen LogP contribution is -2.45. The van der Waals surface area contributed by atoms with Crippen molar-refractivity contribution in [1.82, 2.24) is 4.90 Å². The predicted octanol–water partition coefficient (Wildman–Crippen LogP) is 3.05. The Kier molecular flexibility index (Phi) is 4.59. The molecule has 1 aromatic carbocycles. The lowest BCUT2D eigenvalue weighted by Gasteiger charge is -2.34. The Hall–Kier alpha value is -1.35. The molecule has 0 aromatic heterocycles. The molecule has 1 N–H and O–H groups in total. The number of likely N-dealkylation sites (tertiary alicyclic amines) is 1. The van der Waals surface area contributed by atoms with Crippen LogP contribution in [0.25, 0.3) is 0 Å². The molecule has 1 saturated heterocycles. The maximum absolute atomic E-state index is 12.3. The average molecular weight is 260 g/mol. The van der Waals surface area contributed by atoms with Gasteiger partial charge in [0.05, 0.1) is 6.04 Å². The maximum atomic E-state index is 12.3. The lowest BCUT2D eigenvalue weighted by atomic mass is 9.98. The van der Waals surface area contributed by atoms with Gasteiger partial charge in [0.2, 0.25) is 5.91 Å². The third-order valence-corrected chi connectivity index (χ3v) is 4.15. The normalized spacial score (nSPS) is 19.1. The smallest absolute Gasteiger partial charge is 0.241 e. The molecule has 1 fully saturated rings. The van der Waals surface area contributed by atoms with E-state index in [4.69, 9.17) is 0 Å². The van der Waals surface area contributed by atoms with E-state index in [-0.39, 0.29) is 11.9 Å². The van der Waals surface area contributed by atoms with Gasteiger partial charge in [0, 0.05) is 5.69 Å². The van der Waals surface area contributed by atoms with Crippen molar-refractivity contribution in [2.75, 3.05) is 18.4 Å². The zero-order chi connectivity index (χ0) is 13.8. The molecule has 0 saturated carbocycles. The number of hydrogen-bond acceptors (Lipinski definition) is 2. The van der Waals surface area contributed by atoms with Crippen molar-refractivity contribution in [2.45, 2.75) is 39.7 Å². The van der Waals surface area contributed by atoms with Crippen molar-refractivity contribution in [2.24, 2.45) is 5.92 Å². The quantitative estimate of drug-likeness (QED) is 0.906. The molecule has 1 amide bonds. The van der Waals surface area contributed by atoms with E-state index in [1.165, 1.54) is 12.8 Å². The monoisotopic (exact) mass is 260 g/mol. The van der Waals surface area contributed by atoms with Crippen molar-refractivity contribution >= 4 is 11.6 Å². The summed E-state index contributed by atoms with van der Waals surface area (Å²) < 4.78 is 0. The van der Waals surface area contributed by atoms with E-state index in [0.29, 0.717) is 0 Å². The average Bonchev–Trinajstić information content (AvgIpc) is 2.41. The highest BCUT2D eigenvalue weighted by molar-refractivity contribution is 5.95. The molecule has 1 atom stereocenters. The molecule has 104 valence electrons. The van der Waals surface area contributed by atoms with Crippen molar-refractivity contribution in [1.29, 1.82) is 0 Å². The summed E-state index contributed by atoms with van der Waals surface area (Å²) in [4.78, 5) is 14.6. The molecular formula is C16H24N2O. The van der Waals surface area contributed by atoms with Crippen LogP contribution in [0.15, 0.2) is 24.3 Å². The number of nitrogens with one attached hydrogen (secondary N) is 1. The Labute approximate surface area is 116 Å². The minimum atomic E-state index is -0.0490. The molecule has 1 unspecified atom stereocenters. The van der Waals surface area contributed by atoms with E-state index in [1.807, 2.05) is 38.1 Å². The highest BCUT2D eigenvalue weighted by atomic mass is 16.2. The number of piperidine rings is 1. The number of carbonyl (C=O) groups excluding carboxylic acids is 1. The highest BCUT2D eigenvalue weighted by Gasteiger charge is 2.25. The zero-order valence-corrected chi connectivity index (χ0v) is 12.1. The Bertz CT molecular complexity index is 436. The first kappa shape index (κ1) is 14.1. The first-order valence-corrected chi connectivity index (χ1v) is 7.18. The number of anilines is 1. The summed E-state index contributed by atoms with van der Waals surface area (Å²) in [6, 6.07) is 7.87. The second-order valence-electron chi connectivity index (χ2n) is 5.70. The van der Waals surface area contributed by atoms with E-state index in [9.17, 15) is 4.79 Å². The molecule has 0 aliphatic carbocycles. The van der Waals surface area contributed by atoms with Crippen LogP contribution in [-0.2, 0) is 4.79 Å². The summed E-state index contributed by atoms with van der Waals surface area (Å²) >= 11 is 0. The Morgan fingerprint density at radius 2 is 1.95 bits per heavy atom. The lowest BCUT2D eigenvalue weighted by molar-refractivity contribution is -0.121. The van der Waals surface area contributed by atoms with E-state index in [1.54, 1.807) is 0 Å². The van der Waals surface area contributed by atoms with Crippen LogP contribution in [0.5, 0.6) is 0 Å². The molecule has 0 spiro atoms. The third-order valence-electron chi connectivity index (χ3n) is 4.15. The SMILES string of the molecule is Cc1ccccc1NC(=O)C(C)N1CCC(C)CC1. The summed E-state index contributed by atoms with van der Waals surface area (Å²) in [5.41, 5.74) is 2.03. The van der Waals surface area contributed by atoms with Crippen molar-refractivity contribution in [3.05, 3.63) is 29.8 Å². The van der Waals surface area contributed by atoms with Crippen LogP contribution in [-0.4, -0.2) is 29.9 Å². The van der Waals surface area contributed by atoms with Crippen LogP contribution >= 0.6 is 0 Å². The maximum Gasteiger partial charge on any atom is 0.241 e. The van der Waals surface area contributed by atoms with Crippen LogP contribution in [0.3, 0.4) is 0 Å². The molecule has 3 heteroatoms. The Balaban J connectivity index is 1.94. The number of hydrogen-bond donors (Lipinski definition) is 1. The van der Waals surface area contributed by atoms with Gasteiger partial charge in [-0.25, -0.2) is 0 Å².